The first-order chi connectivity index (χ1) is 7.46. The first-order valence-corrected chi connectivity index (χ1v) is 6.20. The Labute approximate surface area is 101 Å². The molecule has 0 saturated carbocycles. The summed E-state index contributed by atoms with van der Waals surface area (Å²) in [6.45, 7) is 0. The molecule has 0 aliphatic heterocycles. The van der Waals surface area contributed by atoms with E-state index in [-0.39, 0.29) is 0 Å². The van der Waals surface area contributed by atoms with Crippen molar-refractivity contribution in [3.63, 3.8) is 0 Å². The molecule has 1 aliphatic carbocycles. The van der Waals surface area contributed by atoms with Gasteiger partial charge in [-0.3, -0.25) is 0 Å². The molecule has 0 N–H and O–H groups in total. The fraction of sp³-hybridized carbons (Fsp3) is 0.500. The summed E-state index contributed by atoms with van der Waals surface area (Å²) in [5, 5.41) is 0. The van der Waals surface area contributed by atoms with Crippen LogP contribution in [0.4, 0.5) is 13.2 Å². The van der Waals surface area contributed by atoms with Gasteiger partial charge in [-0.15, -0.1) is 0 Å². The Morgan fingerprint density at radius 3 is 2.56 bits per heavy atom. The Morgan fingerprint density at radius 1 is 1.19 bits per heavy atom. The highest BCUT2D eigenvalue weighted by molar-refractivity contribution is 9.09. The van der Waals surface area contributed by atoms with Crippen molar-refractivity contribution in [2.45, 2.75) is 36.7 Å². The molecule has 0 fully saturated rings. The minimum atomic E-state index is -4.12. The zero-order valence-corrected chi connectivity index (χ0v) is 10.2. The SMILES string of the molecule is FC(F)(F)CC(Br)c1ccc2c(c1)CCC2. The summed E-state index contributed by atoms with van der Waals surface area (Å²) in [5.41, 5.74) is 3.23. The van der Waals surface area contributed by atoms with Gasteiger partial charge in [-0.05, 0) is 36.0 Å². The average Bonchev–Trinajstić information content (AvgIpc) is 2.61. The molecule has 0 spiro atoms. The van der Waals surface area contributed by atoms with E-state index in [2.05, 4.69) is 15.9 Å². The van der Waals surface area contributed by atoms with Gasteiger partial charge in [0.15, 0.2) is 0 Å². The van der Waals surface area contributed by atoms with Crippen LogP contribution in [0, 0.1) is 0 Å². The second-order valence-electron chi connectivity index (χ2n) is 4.17. The zero-order chi connectivity index (χ0) is 11.8. The van der Waals surface area contributed by atoms with Gasteiger partial charge in [0.2, 0.25) is 0 Å². The smallest absolute Gasteiger partial charge is 0.171 e. The maximum Gasteiger partial charge on any atom is 0.390 e. The summed E-state index contributed by atoms with van der Waals surface area (Å²) >= 11 is 3.11. The van der Waals surface area contributed by atoms with Crippen LogP contribution >= 0.6 is 15.9 Å². The van der Waals surface area contributed by atoms with Gasteiger partial charge < -0.3 is 0 Å². The molecule has 1 aromatic carbocycles. The summed E-state index contributed by atoms with van der Waals surface area (Å²) in [4.78, 5) is -0.626. The van der Waals surface area contributed by atoms with E-state index in [1.54, 1.807) is 6.07 Å². The number of rotatable bonds is 2. The van der Waals surface area contributed by atoms with Crippen LogP contribution in [0.25, 0.3) is 0 Å². The molecule has 4 heteroatoms. The summed E-state index contributed by atoms with van der Waals surface area (Å²) in [6.07, 6.45) is -1.76. The van der Waals surface area contributed by atoms with Crippen molar-refractivity contribution < 1.29 is 13.2 Å². The van der Waals surface area contributed by atoms with Crippen LogP contribution in [0.3, 0.4) is 0 Å². The van der Waals surface area contributed by atoms with Gasteiger partial charge in [-0.2, -0.15) is 13.2 Å². The van der Waals surface area contributed by atoms with Crippen molar-refractivity contribution in [3.05, 3.63) is 34.9 Å². The van der Waals surface area contributed by atoms with E-state index in [1.807, 2.05) is 12.1 Å². The highest BCUT2D eigenvalue weighted by Crippen LogP contribution is 2.36. The molecule has 1 atom stereocenters. The van der Waals surface area contributed by atoms with Crippen LogP contribution in [-0.2, 0) is 12.8 Å². The lowest BCUT2D eigenvalue weighted by molar-refractivity contribution is -0.134. The fourth-order valence-electron chi connectivity index (χ4n) is 2.11. The third-order valence-corrected chi connectivity index (χ3v) is 3.75. The Bertz CT molecular complexity index is 384. The number of hydrogen-bond acceptors (Lipinski definition) is 0. The van der Waals surface area contributed by atoms with E-state index < -0.39 is 17.4 Å². The van der Waals surface area contributed by atoms with Crippen molar-refractivity contribution in [2.24, 2.45) is 0 Å². The molecule has 1 unspecified atom stereocenters. The molecule has 88 valence electrons. The second kappa shape index (κ2) is 4.40. The average molecular weight is 293 g/mol. The molecule has 0 aromatic heterocycles. The third kappa shape index (κ3) is 2.78. The first-order valence-electron chi connectivity index (χ1n) is 5.28. The molecule has 1 aromatic rings. The fourth-order valence-corrected chi connectivity index (χ4v) is 2.76. The number of alkyl halides is 4. The van der Waals surface area contributed by atoms with Gasteiger partial charge in [0.05, 0.1) is 6.42 Å². The predicted octanol–water partition coefficient (Wildman–Crippen LogP) is 4.56. The zero-order valence-electron chi connectivity index (χ0n) is 8.65. The Balaban J connectivity index is 2.15. The molecule has 1 aliphatic rings. The van der Waals surface area contributed by atoms with E-state index in [9.17, 15) is 13.2 Å². The van der Waals surface area contributed by atoms with Gasteiger partial charge in [-0.25, -0.2) is 0 Å². The van der Waals surface area contributed by atoms with E-state index in [1.165, 1.54) is 11.1 Å². The highest BCUT2D eigenvalue weighted by Gasteiger charge is 2.31. The lowest BCUT2D eigenvalue weighted by Gasteiger charge is -2.14. The van der Waals surface area contributed by atoms with Crippen LogP contribution in [-0.4, -0.2) is 6.18 Å². The molecule has 0 nitrogen and oxygen atoms in total. The number of benzene rings is 1. The molecule has 0 bridgehead atoms. The Hall–Kier alpha value is -0.510. The Morgan fingerprint density at radius 2 is 1.88 bits per heavy atom. The van der Waals surface area contributed by atoms with Gasteiger partial charge in [0.1, 0.15) is 0 Å². The van der Waals surface area contributed by atoms with Crippen LogP contribution in [0.2, 0.25) is 0 Å². The molecule has 0 saturated heterocycles. The summed E-state index contributed by atoms with van der Waals surface area (Å²) < 4.78 is 36.7. The van der Waals surface area contributed by atoms with Crippen molar-refractivity contribution in [2.75, 3.05) is 0 Å². The minimum Gasteiger partial charge on any atom is -0.171 e. The van der Waals surface area contributed by atoms with Gasteiger partial charge in [0, 0.05) is 4.83 Å². The molecule has 0 heterocycles. The minimum absolute atomic E-state index is 0.626. The molecule has 16 heavy (non-hydrogen) atoms. The lowest BCUT2D eigenvalue weighted by Crippen LogP contribution is -2.10. The van der Waals surface area contributed by atoms with Crippen LogP contribution in [0.5, 0.6) is 0 Å². The lowest BCUT2D eigenvalue weighted by atomic mass is 10.0. The molecular formula is C12H12BrF3. The van der Waals surface area contributed by atoms with Crippen molar-refractivity contribution in [3.8, 4) is 0 Å². The summed E-state index contributed by atoms with van der Waals surface area (Å²) in [6, 6.07) is 5.67. The predicted molar refractivity (Wildman–Crippen MR) is 60.8 cm³/mol. The van der Waals surface area contributed by atoms with Crippen LogP contribution < -0.4 is 0 Å². The largest absolute Gasteiger partial charge is 0.390 e. The monoisotopic (exact) mass is 292 g/mol. The quantitative estimate of drug-likeness (QED) is 0.701. The van der Waals surface area contributed by atoms with Crippen LogP contribution in [0.15, 0.2) is 18.2 Å². The van der Waals surface area contributed by atoms with Gasteiger partial charge in [0.25, 0.3) is 0 Å². The number of aryl methyl sites for hydroxylation is 2. The van der Waals surface area contributed by atoms with E-state index in [0.717, 1.165) is 24.8 Å². The normalized spacial score (nSPS) is 17.2. The topological polar surface area (TPSA) is 0 Å². The maximum atomic E-state index is 12.2. The number of hydrogen-bond donors (Lipinski definition) is 0. The molecule has 0 amide bonds. The summed E-state index contributed by atoms with van der Waals surface area (Å²) in [5.74, 6) is 0. The van der Waals surface area contributed by atoms with E-state index >= 15 is 0 Å². The molecular weight excluding hydrogens is 281 g/mol. The number of fused-ring (bicyclic) bond motifs is 1. The standard InChI is InChI=1S/C12H12BrF3/c13-11(7-12(14,15)16)10-5-4-8-2-1-3-9(8)6-10/h4-6,11H,1-3,7H2. The van der Waals surface area contributed by atoms with E-state index in [0.29, 0.717) is 0 Å². The Kier molecular flexibility index (Phi) is 3.29. The highest BCUT2D eigenvalue weighted by atomic mass is 79.9. The summed E-state index contributed by atoms with van der Waals surface area (Å²) in [7, 11) is 0. The van der Waals surface area contributed by atoms with Gasteiger partial charge >= 0.3 is 6.18 Å². The van der Waals surface area contributed by atoms with Crippen LogP contribution in [0.1, 0.15) is 34.4 Å². The maximum absolute atomic E-state index is 12.2. The molecule has 0 radical (unpaired) electrons. The second-order valence-corrected chi connectivity index (χ2v) is 5.27. The van der Waals surface area contributed by atoms with Gasteiger partial charge in [-0.1, -0.05) is 34.1 Å². The third-order valence-electron chi connectivity index (χ3n) is 2.89. The number of halogens is 4. The first kappa shape index (κ1) is 12.0. The van der Waals surface area contributed by atoms with Crippen molar-refractivity contribution in [1.29, 1.82) is 0 Å². The molecule has 2 rings (SSSR count). The van der Waals surface area contributed by atoms with Crippen molar-refractivity contribution in [1.82, 2.24) is 0 Å². The van der Waals surface area contributed by atoms with E-state index in [4.69, 9.17) is 0 Å². The van der Waals surface area contributed by atoms with Crippen molar-refractivity contribution >= 4 is 15.9 Å².